The van der Waals surface area contributed by atoms with Gasteiger partial charge in [0.05, 0.1) is 17.7 Å². The van der Waals surface area contributed by atoms with E-state index < -0.39 is 6.10 Å². The van der Waals surface area contributed by atoms with Crippen LogP contribution in [-0.2, 0) is 0 Å². The Balaban J connectivity index is 1.95. The molecule has 0 bridgehead atoms. The van der Waals surface area contributed by atoms with E-state index in [0.29, 0.717) is 18.2 Å². The second-order valence-electron chi connectivity index (χ2n) is 5.01. The molecule has 0 saturated heterocycles. The fraction of sp³-hybridized carbons (Fsp3) is 0.353. The van der Waals surface area contributed by atoms with Gasteiger partial charge in [0, 0.05) is 17.5 Å². The van der Waals surface area contributed by atoms with Crippen LogP contribution >= 0.6 is 11.3 Å². The van der Waals surface area contributed by atoms with Crippen molar-refractivity contribution in [3.63, 3.8) is 0 Å². The smallest absolute Gasteiger partial charge is 0.0991 e. The molecule has 2 atom stereocenters. The first-order valence-corrected chi connectivity index (χ1v) is 8.07. The third-order valence-corrected chi connectivity index (χ3v) is 4.43. The van der Waals surface area contributed by atoms with Crippen LogP contribution < -0.4 is 5.32 Å². The van der Waals surface area contributed by atoms with Crippen molar-refractivity contribution in [2.45, 2.75) is 31.9 Å². The van der Waals surface area contributed by atoms with Crippen LogP contribution in [0, 0.1) is 11.3 Å². The Morgan fingerprint density at radius 2 is 2.05 bits per heavy atom. The molecule has 3 nitrogen and oxygen atoms in total. The average Bonchev–Trinajstić information content (AvgIpc) is 3.05. The summed E-state index contributed by atoms with van der Waals surface area (Å²) in [5.74, 6) is 0. The van der Waals surface area contributed by atoms with Gasteiger partial charge >= 0.3 is 0 Å². The van der Waals surface area contributed by atoms with Crippen LogP contribution in [0.5, 0.6) is 0 Å². The molecule has 2 unspecified atom stereocenters. The molecule has 0 fully saturated rings. The zero-order valence-electron chi connectivity index (χ0n) is 12.1. The molecule has 0 aliphatic heterocycles. The van der Waals surface area contributed by atoms with Gasteiger partial charge in [-0.25, -0.2) is 0 Å². The summed E-state index contributed by atoms with van der Waals surface area (Å²) in [6.45, 7) is 2.67. The van der Waals surface area contributed by atoms with E-state index in [4.69, 9.17) is 5.26 Å². The second kappa shape index (κ2) is 7.94. The van der Waals surface area contributed by atoms with Gasteiger partial charge < -0.3 is 10.4 Å². The number of rotatable bonds is 7. The fourth-order valence-corrected chi connectivity index (χ4v) is 3.11. The van der Waals surface area contributed by atoms with Crippen molar-refractivity contribution in [2.24, 2.45) is 0 Å². The highest BCUT2D eigenvalue weighted by Crippen LogP contribution is 2.24. The van der Waals surface area contributed by atoms with Crippen molar-refractivity contribution in [3.8, 4) is 6.07 Å². The molecule has 2 N–H and O–H groups in total. The van der Waals surface area contributed by atoms with Crippen LogP contribution in [0.2, 0.25) is 0 Å². The Bertz CT molecular complexity index is 572. The number of nitriles is 1. The lowest BCUT2D eigenvalue weighted by atomic mass is 10.1. The van der Waals surface area contributed by atoms with E-state index in [-0.39, 0.29) is 0 Å². The predicted octanol–water partition coefficient (Wildman–Crippen LogP) is 3.78. The Labute approximate surface area is 129 Å². The summed E-state index contributed by atoms with van der Waals surface area (Å²) in [7, 11) is 0. The SMILES string of the molecule is CCCC(NCC(O)c1ccc(C#N)cc1)c1cccs1. The molecule has 0 spiro atoms. The first-order valence-electron chi connectivity index (χ1n) is 7.19. The lowest BCUT2D eigenvalue weighted by Crippen LogP contribution is -2.26. The van der Waals surface area contributed by atoms with E-state index in [1.807, 2.05) is 12.1 Å². The van der Waals surface area contributed by atoms with Gasteiger partial charge in [0.25, 0.3) is 0 Å². The van der Waals surface area contributed by atoms with Crippen molar-refractivity contribution >= 4 is 11.3 Å². The third kappa shape index (κ3) is 4.40. The number of benzene rings is 1. The van der Waals surface area contributed by atoms with E-state index >= 15 is 0 Å². The number of nitrogens with one attached hydrogen (secondary N) is 1. The molecule has 0 saturated carbocycles. The van der Waals surface area contributed by atoms with Gasteiger partial charge in [-0.1, -0.05) is 31.5 Å². The summed E-state index contributed by atoms with van der Waals surface area (Å²) in [4.78, 5) is 1.31. The molecule has 110 valence electrons. The van der Waals surface area contributed by atoms with E-state index in [9.17, 15) is 5.11 Å². The van der Waals surface area contributed by atoms with Gasteiger partial charge in [0.2, 0.25) is 0 Å². The minimum atomic E-state index is -0.558. The number of aliphatic hydroxyl groups is 1. The molecule has 1 heterocycles. The average molecular weight is 300 g/mol. The fourth-order valence-electron chi connectivity index (χ4n) is 2.27. The second-order valence-corrected chi connectivity index (χ2v) is 5.99. The molecule has 1 aromatic heterocycles. The van der Waals surface area contributed by atoms with Crippen molar-refractivity contribution in [3.05, 3.63) is 57.8 Å². The maximum Gasteiger partial charge on any atom is 0.0991 e. The van der Waals surface area contributed by atoms with Gasteiger partial charge in [-0.15, -0.1) is 11.3 Å². The van der Waals surface area contributed by atoms with Crippen LogP contribution in [0.4, 0.5) is 0 Å². The molecule has 0 aliphatic rings. The minimum Gasteiger partial charge on any atom is -0.387 e. The molecule has 0 amide bonds. The lowest BCUT2D eigenvalue weighted by Gasteiger charge is -2.19. The summed E-state index contributed by atoms with van der Waals surface area (Å²) >= 11 is 1.74. The summed E-state index contributed by atoms with van der Waals surface area (Å²) in [6.07, 6.45) is 1.60. The number of nitrogens with zero attached hydrogens (tertiary/aromatic N) is 1. The van der Waals surface area contributed by atoms with Crippen LogP contribution in [0.15, 0.2) is 41.8 Å². The predicted molar refractivity (Wildman–Crippen MR) is 86.1 cm³/mol. The van der Waals surface area contributed by atoms with Gasteiger partial charge in [-0.2, -0.15) is 5.26 Å². The zero-order valence-corrected chi connectivity index (χ0v) is 12.9. The molecular weight excluding hydrogens is 280 g/mol. The van der Waals surface area contributed by atoms with Crippen molar-refractivity contribution in [1.29, 1.82) is 5.26 Å². The summed E-state index contributed by atoms with van der Waals surface area (Å²) in [5, 5.41) is 24.6. The highest BCUT2D eigenvalue weighted by molar-refractivity contribution is 7.10. The Kier molecular flexibility index (Phi) is 5.94. The quantitative estimate of drug-likeness (QED) is 0.818. The molecule has 2 rings (SSSR count). The van der Waals surface area contributed by atoms with E-state index in [1.54, 1.807) is 23.5 Å². The third-order valence-electron chi connectivity index (χ3n) is 3.45. The Hall–Kier alpha value is -1.67. The van der Waals surface area contributed by atoms with Crippen molar-refractivity contribution in [1.82, 2.24) is 5.32 Å². The largest absolute Gasteiger partial charge is 0.387 e. The molecule has 1 aromatic carbocycles. The first kappa shape index (κ1) is 15.7. The first-order chi connectivity index (χ1) is 10.2. The summed E-state index contributed by atoms with van der Waals surface area (Å²) < 4.78 is 0. The number of aliphatic hydroxyl groups excluding tert-OH is 1. The van der Waals surface area contributed by atoms with Gasteiger partial charge in [-0.3, -0.25) is 0 Å². The van der Waals surface area contributed by atoms with E-state index in [1.165, 1.54) is 4.88 Å². The number of thiophene rings is 1. The van der Waals surface area contributed by atoms with Crippen LogP contribution in [0.3, 0.4) is 0 Å². The van der Waals surface area contributed by atoms with E-state index in [0.717, 1.165) is 18.4 Å². The normalized spacial score (nSPS) is 13.6. The monoisotopic (exact) mass is 300 g/mol. The maximum absolute atomic E-state index is 10.3. The van der Waals surface area contributed by atoms with Gasteiger partial charge in [0.1, 0.15) is 0 Å². The Morgan fingerprint density at radius 3 is 2.62 bits per heavy atom. The molecule has 4 heteroatoms. The molecule has 0 radical (unpaired) electrons. The van der Waals surface area contributed by atoms with Crippen LogP contribution in [-0.4, -0.2) is 11.7 Å². The van der Waals surface area contributed by atoms with Gasteiger partial charge in [0.15, 0.2) is 0 Å². The van der Waals surface area contributed by atoms with Crippen LogP contribution in [0.25, 0.3) is 0 Å². The van der Waals surface area contributed by atoms with Crippen molar-refractivity contribution in [2.75, 3.05) is 6.54 Å². The highest BCUT2D eigenvalue weighted by atomic mass is 32.1. The standard InChI is InChI=1S/C17H20N2OS/c1-2-4-15(17-5-3-10-21-17)19-12-16(20)14-8-6-13(11-18)7-9-14/h3,5-10,15-16,19-20H,2,4,12H2,1H3. The minimum absolute atomic E-state index is 0.294. The van der Waals surface area contributed by atoms with Crippen molar-refractivity contribution < 1.29 is 5.11 Å². The lowest BCUT2D eigenvalue weighted by molar-refractivity contribution is 0.169. The topological polar surface area (TPSA) is 56.0 Å². The van der Waals surface area contributed by atoms with Gasteiger partial charge in [-0.05, 0) is 35.6 Å². The summed E-state index contributed by atoms with van der Waals surface area (Å²) in [6, 6.07) is 13.7. The molecular formula is C17H20N2OS. The maximum atomic E-state index is 10.3. The summed E-state index contributed by atoms with van der Waals surface area (Å²) in [5.41, 5.74) is 1.45. The zero-order chi connectivity index (χ0) is 15.1. The Morgan fingerprint density at radius 1 is 1.29 bits per heavy atom. The molecule has 2 aromatic rings. The molecule has 0 aliphatic carbocycles. The van der Waals surface area contributed by atoms with Crippen LogP contribution in [0.1, 0.15) is 47.9 Å². The number of hydrogen-bond acceptors (Lipinski definition) is 4. The molecule has 21 heavy (non-hydrogen) atoms. The van der Waals surface area contributed by atoms with E-state index in [2.05, 4.69) is 35.8 Å². The number of hydrogen-bond donors (Lipinski definition) is 2. The highest BCUT2D eigenvalue weighted by Gasteiger charge is 2.14.